The molecule has 1 fully saturated rings. The number of esters is 1. The van der Waals surface area contributed by atoms with Crippen LogP contribution in [-0.4, -0.2) is 34.5 Å². The van der Waals surface area contributed by atoms with E-state index in [0.29, 0.717) is 30.3 Å². The minimum absolute atomic E-state index is 0.154. The molecule has 1 N–H and O–H groups in total. The van der Waals surface area contributed by atoms with Gasteiger partial charge in [-0.1, -0.05) is 51.1 Å². The molecule has 1 aromatic heterocycles. The molecule has 0 unspecified atom stereocenters. The van der Waals surface area contributed by atoms with Crippen molar-refractivity contribution >= 4 is 17.5 Å². The molecule has 0 radical (unpaired) electrons. The smallest absolute Gasteiger partial charge is 0.323 e. The zero-order valence-electron chi connectivity index (χ0n) is 20.6. The summed E-state index contributed by atoms with van der Waals surface area (Å²) in [5, 5.41) is 13.6. The Morgan fingerprint density at radius 1 is 1.29 bits per heavy atom. The molecule has 2 aromatic carbocycles. The molecule has 7 heteroatoms. The first-order valence-corrected chi connectivity index (χ1v) is 13.2. The van der Waals surface area contributed by atoms with Gasteiger partial charge in [0.05, 0.1) is 18.2 Å². The number of rotatable bonds is 9. The van der Waals surface area contributed by atoms with Gasteiger partial charge in [0.2, 0.25) is 0 Å². The van der Waals surface area contributed by atoms with E-state index in [1.807, 2.05) is 24.3 Å². The van der Waals surface area contributed by atoms with Gasteiger partial charge in [-0.15, -0.1) is 0 Å². The maximum atomic E-state index is 12.2. The van der Waals surface area contributed by atoms with Crippen molar-refractivity contribution in [1.82, 2.24) is 14.7 Å². The minimum Gasteiger partial charge on any atom is -0.464 e. The highest BCUT2D eigenvalue weighted by molar-refractivity contribution is 7.09. The summed E-state index contributed by atoms with van der Waals surface area (Å²) in [6, 6.07) is 14.3. The number of nitriles is 1. The van der Waals surface area contributed by atoms with Gasteiger partial charge in [0.1, 0.15) is 11.0 Å². The number of ether oxygens (including phenoxy) is 1. The predicted octanol–water partition coefficient (Wildman–Crippen LogP) is 5.34. The van der Waals surface area contributed by atoms with Gasteiger partial charge in [0.15, 0.2) is 5.82 Å². The van der Waals surface area contributed by atoms with Crippen molar-refractivity contribution in [2.75, 3.05) is 13.2 Å². The first-order valence-electron chi connectivity index (χ1n) is 12.4. The number of nitrogens with one attached hydrogen (secondary N) is 1. The lowest BCUT2D eigenvalue weighted by Crippen LogP contribution is -2.32. The van der Waals surface area contributed by atoms with E-state index in [9.17, 15) is 10.1 Å². The number of nitrogens with zero attached hydrogens (tertiary/aromatic N) is 3. The molecule has 6 nitrogen and oxygen atoms in total. The maximum absolute atomic E-state index is 12.2. The summed E-state index contributed by atoms with van der Waals surface area (Å²) in [6.45, 7) is 7.68. The fourth-order valence-corrected chi connectivity index (χ4v) is 5.30. The molecule has 0 bridgehead atoms. The van der Waals surface area contributed by atoms with Gasteiger partial charge in [0, 0.05) is 17.5 Å². The summed E-state index contributed by atoms with van der Waals surface area (Å²) in [7, 11) is 0. The quantitative estimate of drug-likeness (QED) is 0.409. The number of hydrogen-bond acceptors (Lipinski definition) is 7. The monoisotopic (exact) mass is 488 g/mol. The summed E-state index contributed by atoms with van der Waals surface area (Å²) in [5.74, 6) is 1.03. The van der Waals surface area contributed by atoms with Crippen LogP contribution in [0.2, 0.25) is 0 Å². The maximum Gasteiger partial charge on any atom is 0.323 e. The van der Waals surface area contributed by atoms with Crippen LogP contribution < -0.4 is 5.32 Å². The van der Waals surface area contributed by atoms with Crippen LogP contribution in [0.1, 0.15) is 55.9 Å². The Balaban J connectivity index is 1.51. The van der Waals surface area contributed by atoms with Crippen molar-refractivity contribution in [3.05, 3.63) is 58.7 Å². The summed E-state index contributed by atoms with van der Waals surface area (Å²) in [5.41, 5.74) is 6.02. The Kier molecular flexibility index (Phi) is 8.27. The largest absolute Gasteiger partial charge is 0.464 e. The third-order valence-electron chi connectivity index (χ3n) is 6.36. The van der Waals surface area contributed by atoms with Crippen molar-refractivity contribution in [3.8, 4) is 28.0 Å². The highest BCUT2D eigenvalue weighted by Crippen LogP contribution is 2.31. The lowest BCUT2D eigenvalue weighted by Gasteiger charge is -2.13. The van der Waals surface area contributed by atoms with Crippen LogP contribution in [0.5, 0.6) is 0 Å². The van der Waals surface area contributed by atoms with E-state index in [-0.39, 0.29) is 12.0 Å². The van der Waals surface area contributed by atoms with Crippen LogP contribution in [0.3, 0.4) is 0 Å². The normalized spacial score (nSPS) is 15.3. The Morgan fingerprint density at radius 2 is 2.14 bits per heavy atom. The number of aromatic nitrogens is 2. The van der Waals surface area contributed by atoms with E-state index in [0.717, 1.165) is 59.5 Å². The SMILES string of the molecule is CCc1c(CCOC(=O)[C@@H]2CCCN2)cccc1-c1nsc(-c2ccc(CC(C)C)c(C#N)c2)n1. The fourth-order valence-electron chi connectivity index (χ4n) is 4.63. The zero-order valence-corrected chi connectivity index (χ0v) is 21.5. The highest BCUT2D eigenvalue weighted by Gasteiger charge is 2.23. The van der Waals surface area contributed by atoms with Gasteiger partial charge in [-0.25, -0.2) is 4.98 Å². The van der Waals surface area contributed by atoms with Gasteiger partial charge in [-0.2, -0.15) is 9.64 Å². The van der Waals surface area contributed by atoms with Crippen molar-refractivity contribution in [2.45, 2.75) is 58.9 Å². The van der Waals surface area contributed by atoms with Gasteiger partial charge in [0.25, 0.3) is 0 Å². The van der Waals surface area contributed by atoms with E-state index >= 15 is 0 Å². The Bertz CT molecular complexity index is 1220. The molecule has 2 heterocycles. The molecule has 1 atom stereocenters. The van der Waals surface area contributed by atoms with E-state index in [4.69, 9.17) is 9.72 Å². The molecular weight excluding hydrogens is 456 g/mol. The second-order valence-electron chi connectivity index (χ2n) is 9.37. The average Bonchev–Trinajstić information content (AvgIpc) is 3.56. The summed E-state index contributed by atoms with van der Waals surface area (Å²) < 4.78 is 10.2. The summed E-state index contributed by atoms with van der Waals surface area (Å²) in [4.78, 5) is 17.0. The minimum atomic E-state index is -0.161. The van der Waals surface area contributed by atoms with Gasteiger partial charge >= 0.3 is 5.97 Å². The van der Waals surface area contributed by atoms with Crippen molar-refractivity contribution in [3.63, 3.8) is 0 Å². The number of hydrogen-bond donors (Lipinski definition) is 1. The lowest BCUT2D eigenvalue weighted by atomic mass is 9.96. The second-order valence-corrected chi connectivity index (χ2v) is 10.1. The molecule has 0 amide bonds. The average molecular weight is 489 g/mol. The van der Waals surface area contributed by atoms with Crippen LogP contribution in [0, 0.1) is 17.2 Å². The molecule has 35 heavy (non-hydrogen) atoms. The van der Waals surface area contributed by atoms with Crippen LogP contribution in [0.4, 0.5) is 0 Å². The van der Waals surface area contributed by atoms with Crippen LogP contribution >= 0.6 is 11.5 Å². The Morgan fingerprint density at radius 3 is 2.86 bits per heavy atom. The van der Waals surface area contributed by atoms with Crippen molar-refractivity contribution < 1.29 is 9.53 Å². The topological polar surface area (TPSA) is 87.9 Å². The van der Waals surface area contributed by atoms with Gasteiger partial charge < -0.3 is 10.1 Å². The molecule has 1 saturated heterocycles. The fraction of sp³-hybridized carbons (Fsp3) is 0.429. The third kappa shape index (κ3) is 5.95. The summed E-state index contributed by atoms with van der Waals surface area (Å²) in [6.07, 6.45) is 4.24. The Labute approximate surface area is 211 Å². The molecule has 0 aliphatic carbocycles. The van der Waals surface area contributed by atoms with E-state index < -0.39 is 0 Å². The number of carbonyl (C=O) groups excluding carboxylic acids is 1. The molecular formula is C28H32N4O2S. The van der Waals surface area contributed by atoms with E-state index in [2.05, 4.69) is 48.7 Å². The highest BCUT2D eigenvalue weighted by atomic mass is 32.1. The first-order chi connectivity index (χ1) is 17.0. The van der Waals surface area contributed by atoms with Crippen LogP contribution in [0.25, 0.3) is 22.0 Å². The van der Waals surface area contributed by atoms with Gasteiger partial charge in [-0.05, 0) is 72.4 Å². The Hall–Kier alpha value is -3.08. The van der Waals surface area contributed by atoms with Crippen molar-refractivity contribution in [1.29, 1.82) is 5.26 Å². The molecule has 182 valence electrons. The molecule has 0 saturated carbocycles. The summed E-state index contributed by atoms with van der Waals surface area (Å²) >= 11 is 1.35. The molecule has 1 aliphatic heterocycles. The second kappa shape index (κ2) is 11.6. The zero-order chi connectivity index (χ0) is 24.8. The number of benzene rings is 2. The van der Waals surface area contributed by atoms with Crippen LogP contribution in [-0.2, 0) is 28.8 Å². The predicted molar refractivity (Wildman–Crippen MR) is 139 cm³/mol. The molecule has 3 aromatic rings. The standard InChI is InChI=1S/C28H32N4O2S/c1-4-23-19(12-14-34-28(33)25-9-6-13-30-25)7-5-8-24(23)26-31-27(35-32-26)21-11-10-20(15-18(2)3)22(16-21)17-29/h5,7-8,10-11,16,18,25,30H,4,6,9,12-15H2,1-3H3/t25-/m0/s1. The van der Waals surface area contributed by atoms with E-state index in [1.54, 1.807) is 0 Å². The van der Waals surface area contributed by atoms with E-state index in [1.165, 1.54) is 17.1 Å². The van der Waals surface area contributed by atoms with Crippen molar-refractivity contribution in [2.24, 2.45) is 5.92 Å². The molecule has 4 rings (SSSR count). The third-order valence-corrected chi connectivity index (χ3v) is 7.12. The molecule has 1 aliphatic rings. The lowest BCUT2D eigenvalue weighted by molar-refractivity contribution is -0.145. The molecule has 0 spiro atoms. The van der Waals surface area contributed by atoms with Gasteiger partial charge in [-0.3, -0.25) is 4.79 Å². The van der Waals surface area contributed by atoms with Crippen LogP contribution in [0.15, 0.2) is 36.4 Å². The first kappa shape index (κ1) is 25.0. The number of carbonyl (C=O) groups is 1.